The van der Waals surface area contributed by atoms with Crippen molar-refractivity contribution in [3.05, 3.63) is 57.2 Å². The molecule has 0 unspecified atom stereocenters. The van der Waals surface area contributed by atoms with Crippen molar-refractivity contribution in [3.63, 3.8) is 0 Å². The van der Waals surface area contributed by atoms with Gasteiger partial charge < -0.3 is 10.1 Å². The van der Waals surface area contributed by atoms with Crippen molar-refractivity contribution in [1.82, 2.24) is 0 Å². The lowest BCUT2D eigenvalue weighted by atomic mass is 10.2. The van der Waals surface area contributed by atoms with E-state index in [4.69, 9.17) is 10.00 Å². The molecule has 2 aromatic carbocycles. The Balaban J connectivity index is 2.11. The Hall–Kier alpha value is -1.74. The Morgan fingerprint density at radius 3 is 2.58 bits per heavy atom. The number of nitriles is 1. The highest BCUT2D eigenvalue weighted by Gasteiger charge is 2.04. The summed E-state index contributed by atoms with van der Waals surface area (Å²) in [5.41, 5.74) is 2.68. The zero-order valence-electron chi connectivity index (χ0n) is 10.5. The van der Waals surface area contributed by atoms with Crippen LogP contribution in [0, 0.1) is 14.9 Å². The van der Waals surface area contributed by atoms with Gasteiger partial charge in [-0.15, -0.1) is 0 Å². The third-order valence-corrected chi connectivity index (χ3v) is 3.45. The number of anilines is 1. The van der Waals surface area contributed by atoms with Crippen LogP contribution in [0.4, 0.5) is 5.69 Å². The molecule has 0 radical (unpaired) electrons. The maximum absolute atomic E-state index is 8.86. The average molecular weight is 364 g/mol. The quantitative estimate of drug-likeness (QED) is 0.840. The molecular formula is C15H13IN2O. The third-order valence-electron chi connectivity index (χ3n) is 2.73. The van der Waals surface area contributed by atoms with Gasteiger partial charge in [-0.1, -0.05) is 12.1 Å². The molecule has 0 amide bonds. The second-order valence-electron chi connectivity index (χ2n) is 4.01. The van der Waals surface area contributed by atoms with Crippen LogP contribution in [-0.4, -0.2) is 7.11 Å². The molecule has 0 atom stereocenters. The van der Waals surface area contributed by atoms with Crippen LogP contribution in [0.3, 0.4) is 0 Å². The normalized spacial score (nSPS) is 9.74. The minimum atomic E-state index is 0.594. The molecule has 3 nitrogen and oxygen atoms in total. The van der Waals surface area contributed by atoms with E-state index >= 15 is 0 Å². The number of methoxy groups -OCH3 is 1. The predicted octanol–water partition coefficient (Wildman–Crippen LogP) is 3.78. The van der Waals surface area contributed by atoms with Crippen molar-refractivity contribution in [2.45, 2.75) is 6.54 Å². The Morgan fingerprint density at radius 1 is 1.21 bits per heavy atom. The molecule has 2 rings (SSSR count). The van der Waals surface area contributed by atoms with Crippen molar-refractivity contribution < 1.29 is 4.74 Å². The van der Waals surface area contributed by atoms with Gasteiger partial charge in [0.2, 0.25) is 0 Å². The lowest BCUT2D eigenvalue weighted by molar-refractivity contribution is 0.416. The molecule has 0 fully saturated rings. The maximum atomic E-state index is 8.86. The SMILES string of the molecule is COc1cc(C#N)ccc1NCc1ccc(I)cc1. The molecule has 0 heterocycles. The molecule has 0 bridgehead atoms. The topological polar surface area (TPSA) is 45.0 Å². The number of rotatable bonds is 4. The van der Waals surface area contributed by atoms with Crippen LogP contribution >= 0.6 is 22.6 Å². The summed E-state index contributed by atoms with van der Waals surface area (Å²) in [6, 6.07) is 15.8. The van der Waals surface area contributed by atoms with Gasteiger partial charge in [0.25, 0.3) is 0 Å². The molecule has 2 aromatic rings. The highest BCUT2D eigenvalue weighted by atomic mass is 127. The summed E-state index contributed by atoms with van der Waals surface area (Å²) in [5.74, 6) is 0.685. The minimum absolute atomic E-state index is 0.594. The van der Waals surface area contributed by atoms with Crippen molar-refractivity contribution in [3.8, 4) is 11.8 Å². The fourth-order valence-electron chi connectivity index (χ4n) is 1.71. The number of ether oxygens (including phenoxy) is 1. The lowest BCUT2D eigenvalue weighted by Gasteiger charge is -2.11. The van der Waals surface area contributed by atoms with Crippen LogP contribution in [0.1, 0.15) is 11.1 Å². The fourth-order valence-corrected chi connectivity index (χ4v) is 2.07. The lowest BCUT2D eigenvalue weighted by Crippen LogP contribution is -2.01. The second-order valence-corrected chi connectivity index (χ2v) is 5.25. The van der Waals surface area contributed by atoms with E-state index in [-0.39, 0.29) is 0 Å². The van der Waals surface area contributed by atoms with E-state index < -0.39 is 0 Å². The van der Waals surface area contributed by atoms with Crippen LogP contribution < -0.4 is 10.1 Å². The second kappa shape index (κ2) is 6.43. The molecule has 0 aromatic heterocycles. The molecule has 1 N–H and O–H groups in total. The van der Waals surface area contributed by atoms with Gasteiger partial charge in [0.15, 0.2) is 0 Å². The van der Waals surface area contributed by atoms with Crippen molar-refractivity contribution in [1.29, 1.82) is 5.26 Å². The van der Waals surface area contributed by atoms with E-state index in [1.54, 1.807) is 19.2 Å². The summed E-state index contributed by atoms with van der Waals surface area (Å²) >= 11 is 2.28. The average Bonchev–Trinajstić information content (AvgIpc) is 2.46. The number of hydrogen-bond donors (Lipinski definition) is 1. The molecule has 0 aliphatic rings. The highest BCUT2D eigenvalue weighted by molar-refractivity contribution is 14.1. The first-order chi connectivity index (χ1) is 9.22. The van der Waals surface area contributed by atoms with Crippen LogP contribution in [0.15, 0.2) is 42.5 Å². The number of nitrogens with one attached hydrogen (secondary N) is 1. The number of halogens is 1. The Morgan fingerprint density at radius 2 is 1.95 bits per heavy atom. The van der Waals surface area contributed by atoms with Crippen LogP contribution in [0.2, 0.25) is 0 Å². The molecule has 0 saturated carbocycles. The molecule has 4 heteroatoms. The monoisotopic (exact) mass is 364 g/mol. The first kappa shape index (κ1) is 13.7. The van der Waals surface area contributed by atoms with Gasteiger partial charge in [-0.05, 0) is 52.4 Å². The summed E-state index contributed by atoms with van der Waals surface area (Å²) < 4.78 is 6.50. The number of hydrogen-bond acceptors (Lipinski definition) is 3. The van der Waals surface area contributed by atoms with Crippen LogP contribution in [-0.2, 0) is 6.54 Å². The summed E-state index contributed by atoms with van der Waals surface area (Å²) in [5, 5.41) is 12.2. The first-order valence-corrected chi connectivity index (χ1v) is 6.87. The van der Waals surface area contributed by atoms with Crippen LogP contribution in [0.25, 0.3) is 0 Å². The largest absolute Gasteiger partial charge is 0.495 e. The molecule has 0 spiro atoms. The number of benzene rings is 2. The first-order valence-electron chi connectivity index (χ1n) is 5.79. The maximum Gasteiger partial charge on any atom is 0.143 e. The van der Waals surface area contributed by atoms with E-state index in [2.05, 4.69) is 58.2 Å². The van der Waals surface area contributed by atoms with Gasteiger partial charge in [0.05, 0.1) is 24.4 Å². The zero-order chi connectivity index (χ0) is 13.7. The Labute approximate surface area is 126 Å². The zero-order valence-corrected chi connectivity index (χ0v) is 12.6. The molecule has 0 aliphatic heterocycles. The minimum Gasteiger partial charge on any atom is -0.495 e. The molecule has 0 aliphatic carbocycles. The molecule has 96 valence electrons. The molecular weight excluding hydrogens is 351 g/mol. The molecule has 19 heavy (non-hydrogen) atoms. The summed E-state index contributed by atoms with van der Waals surface area (Å²) in [4.78, 5) is 0. The standard InChI is InChI=1S/C15H13IN2O/c1-19-15-8-12(9-17)4-7-14(15)18-10-11-2-5-13(16)6-3-11/h2-8,18H,10H2,1H3. The van der Waals surface area contributed by atoms with E-state index in [1.807, 2.05) is 6.07 Å². The van der Waals surface area contributed by atoms with E-state index in [1.165, 1.54) is 9.13 Å². The predicted molar refractivity (Wildman–Crippen MR) is 84.2 cm³/mol. The van der Waals surface area contributed by atoms with E-state index in [0.717, 1.165) is 12.2 Å². The number of nitrogens with zero attached hydrogens (tertiary/aromatic N) is 1. The highest BCUT2D eigenvalue weighted by Crippen LogP contribution is 2.25. The fraction of sp³-hybridized carbons (Fsp3) is 0.133. The van der Waals surface area contributed by atoms with Crippen molar-refractivity contribution >= 4 is 28.3 Å². The van der Waals surface area contributed by atoms with Gasteiger partial charge >= 0.3 is 0 Å². The van der Waals surface area contributed by atoms with Gasteiger partial charge in [-0.25, -0.2) is 0 Å². The summed E-state index contributed by atoms with van der Waals surface area (Å²) in [6.45, 7) is 0.721. The van der Waals surface area contributed by atoms with Crippen LogP contribution in [0.5, 0.6) is 5.75 Å². The molecule has 0 saturated heterocycles. The van der Waals surface area contributed by atoms with Crippen molar-refractivity contribution in [2.24, 2.45) is 0 Å². The van der Waals surface area contributed by atoms with E-state index in [9.17, 15) is 0 Å². The van der Waals surface area contributed by atoms with Crippen molar-refractivity contribution in [2.75, 3.05) is 12.4 Å². The summed E-state index contributed by atoms with van der Waals surface area (Å²) in [7, 11) is 1.60. The van der Waals surface area contributed by atoms with Gasteiger partial charge in [0.1, 0.15) is 5.75 Å². The van der Waals surface area contributed by atoms with E-state index in [0.29, 0.717) is 11.3 Å². The Kier molecular flexibility index (Phi) is 4.63. The smallest absolute Gasteiger partial charge is 0.143 e. The van der Waals surface area contributed by atoms with Gasteiger partial charge in [0, 0.05) is 16.2 Å². The Bertz CT molecular complexity index is 603. The van der Waals surface area contributed by atoms with Gasteiger partial charge in [-0.2, -0.15) is 5.26 Å². The summed E-state index contributed by atoms with van der Waals surface area (Å²) in [6.07, 6.45) is 0. The third kappa shape index (κ3) is 3.61. The van der Waals surface area contributed by atoms with Gasteiger partial charge in [-0.3, -0.25) is 0 Å².